The van der Waals surface area contributed by atoms with Crippen LogP contribution in [0.5, 0.6) is 0 Å². The minimum absolute atomic E-state index is 0.0698. The molecule has 2 amide bonds. The van der Waals surface area contributed by atoms with Gasteiger partial charge in [-0.05, 0) is 29.8 Å². The largest absolute Gasteiger partial charge is 0.416 e. The summed E-state index contributed by atoms with van der Waals surface area (Å²) in [6.07, 6.45) is -1.36. The molecular formula is C16H13F3N2O. The monoisotopic (exact) mass is 306 g/mol. The third-order valence-corrected chi connectivity index (χ3v) is 2.74. The molecule has 0 radical (unpaired) electrons. The van der Waals surface area contributed by atoms with Gasteiger partial charge in [0.25, 0.3) is 0 Å². The Morgan fingerprint density at radius 2 is 1.73 bits per heavy atom. The second kappa shape index (κ2) is 6.80. The van der Waals surface area contributed by atoms with Crippen LogP contribution in [0.2, 0.25) is 0 Å². The summed E-state index contributed by atoms with van der Waals surface area (Å²) >= 11 is 0. The second-order valence-corrected chi connectivity index (χ2v) is 4.42. The van der Waals surface area contributed by atoms with Gasteiger partial charge in [0.1, 0.15) is 0 Å². The Kier molecular flexibility index (Phi) is 4.83. The summed E-state index contributed by atoms with van der Waals surface area (Å²) in [7, 11) is 0. The van der Waals surface area contributed by atoms with Crippen molar-refractivity contribution in [3.05, 3.63) is 71.9 Å². The third kappa shape index (κ3) is 4.66. The number of carbonyl (C=O) groups excluding carboxylic acids is 1. The molecule has 0 bridgehead atoms. The van der Waals surface area contributed by atoms with Gasteiger partial charge in [-0.3, -0.25) is 0 Å². The van der Waals surface area contributed by atoms with Gasteiger partial charge >= 0.3 is 12.2 Å². The van der Waals surface area contributed by atoms with Crippen LogP contribution < -0.4 is 10.6 Å². The number of benzene rings is 2. The molecule has 0 aliphatic heterocycles. The first-order valence-corrected chi connectivity index (χ1v) is 6.41. The van der Waals surface area contributed by atoms with Crippen molar-refractivity contribution >= 4 is 17.8 Å². The van der Waals surface area contributed by atoms with E-state index < -0.39 is 17.8 Å². The first kappa shape index (κ1) is 15.6. The van der Waals surface area contributed by atoms with Crippen molar-refractivity contribution in [1.82, 2.24) is 5.32 Å². The first-order chi connectivity index (χ1) is 10.4. The summed E-state index contributed by atoms with van der Waals surface area (Å²) in [6.45, 7) is 0. The number of carbonyl (C=O) groups is 1. The van der Waals surface area contributed by atoms with Gasteiger partial charge in [-0.2, -0.15) is 13.2 Å². The number of alkyl halides is 3. The lowest BCUT2D eigenvalue weighted by Crippen LogP contribution is -2.23. The van der Waals surface area contributed by atoms with Gasteiger partial charge in [0.2, 0.25) is 0 Å². The minimum Gasteiger partial charge on any atom is -0.314 e. The Bertz CT molecular complexity index is 667. The fourth-order valence-corrected chi connectivity index (χ4v) is 1.72. The highest BCUT2D eigenvalue weighted by Gasteiger charge is 2.30. The number of nitrogens with one attached hydrogen (secondary N) is 2. The second-order valence-electron chi connectivity index (χ2n) is 4.42. The van der Waals surface area contributed by atoms with E-state index in [1.165, 1.54) is 18.3 Å². The number of urea groups is 1. The maximum atomic E-state index is 12.6. The van der Waals surface area contributed by atoms with Crippen LogP contribution in [0.25, 0.3) is 6.08 Å². The van der Waals surface area contributed by atoms with Crippen LogP contribution >= 0.6 is 0 Å². The van der Waals surface area contributed by atoms with Crippen molar-refractivity contribution in [1.29, 1.82) is 0 Å². The Hall–Kier alpha value is -2.76. The molecule has 0 saturated heterocycles. The van der Waals surface area contributed by atoms with E-state index in [9.17, 15) is 18.0 Å². The molecule has 0 aliphatic rings. The van der Waals surface area contributed by atoms with Gasteiger partial charge in [0.05, 0.1) is 5.56 Å². The van der Waals surface area contributed by atoms with Gasteiger partial charge < -0.3 is 10.6 Å². The van der Waals surface area contributed by atoms with Crippen LogP contribution in [-0.2, 0) is 6.18 Å². The quantitative estimate of drug-likeness (QED) is 0.861. The lowest BCUT2D eigenvalue weighted by atomic mass is 10.2. The van der Waals surface area contributed by atoms with E-state index in [2.05, 4.69) is 10.6 Å². The van der Waals surface area contributed by atoms with Crippen molar-refractivity contribution in [3.63, 3.8) is 0 Å². The SMILES string of the molecule is O=C(N/C=C/c1ccccc1)Nc1cccc(C(F)(F)F)c1. The fraction of sp³-hybridized carbons (Fsp3) is 0.0625. The van der Waals surface area contributed by atoms with Crippen LogP contribution in [0.15, 0.2) is 60.8 Å². The highest BCUT2D eigenvalue weighted by molar-refractivity contribution is 5.90. The average molecular weight is 306 g/mol. The van der Waals surface area contributed by atoms with Crippen molar-refractivity contribution in [3.8, 4) is 0 Å². The predicted molar refractivity (Wildman–Crippen MR) is 79.1 cm³/mol. The molecule has 2 rings (SSSR count). The molecule has 2 aromatic rings. The molecule has 0 fully saturated rings. The smallest absolute Gasteiger partial charge is 0.314 e. The summed E-state index contributed by atoms with van der Waals surface area (Å²) in [5, 5.41) is 4.77. The molecule has 0 saturated carbocycles. The van der Waals surface area contributed by atoms with E-state index in [1.54, 1.807) is 6.08 Å². The standard InChI is InChI=1S/C16H13F3N2O/c17-16(18,19)13-7-4-8-14(11-13)21-15(22)20-10-9-12-5-2-1-3-6-12/h1-11H,(H2,20,21,22)/b10-9+. The normalized spacial score (nSPS) is 11.4. The summed E-state index contributed by atoms with van der Waals surface area (Å²) in [5.74, 6) is 0. The van der Waals surface area contributed by atoms with Gasteiger partial charge in [0, 0.05) is 11.9 Å². The van der Waals surface area contributed by atoms with Crippen molar-refractivity contribution in [2.75, 3.05) is 5.32 Å². The Morgan fingerprint density at radius 1 is 1.00 bits per heavy atom. The minimum atomic E-state index is -4.44. The number of amides is 2. The summed E-state index contributed by atoms with van der Waals surface area (Å²) in [4.78, 5) is 11.6. The Morgan fingerprint density at radius 3 is 2.41 bits per heavy atom. The van der Waals surface area contributed by atoms with Crippen LogP contribution in [-0.4, -0.2) is 6.03 Å². The van der Waals surface area contributed by atoms with Crippen molar-refractivity contribution < 1.29 is 18.0 Å². The summed E-state index contributed by atoms with van der Waals surface area (Å²) in [5.41, 5.74) is 0.146. The molecule has 2 N–H and O–H groups in total. The number of hydrogen-bond acceptors (Lipinski definition) is 1. The third-order valence-electron chi connectivity index (χ3n) is 2.74. The molecular weight excluding hydrogens is 293 g/mol. The Labute approximate surface area is 125 Å². The maximum absolute atomic E-state index is 12.6. The molecule has 3 nitrogen and oxygen atoms in total. The first-order valence-electron chi connectivity index (χ1n) is 6.41. The zero-order chi connectivity index (χ0) is 16.0. The molecule has 0 spiro atoms. The highest BCUT2D eigenvalue weighted by atomic mass is 19.4. The topological polar surface area (TPSA) is 41.1 Å². The van der Waals surface area contributed by atoms with E-state index in [0.29, 0.717) is 0 Å². The molecule has 0 aliphatic carbocycles. The maximum Gasteiger partial charge on any atom is 0.416 e. The van der Waals surface area contributed by atoms with E-state index in [-0.39, 0.29) is 5.69 Å². The average Bonchev–Trinajstić information content (AvgIpc) is 2.48. The van der Waals surface area contributed by atoms with E-state index in [4.69, 9.17) is 0 Å². The van der Waals surface area contributed by atoms with Gasteiger partial charge in [0.15, 0.2) is 0 Å². The lowest BCUT2D eigenvalue weighted by Gasteiger charge is -2.09. The van der Waals surface area contributed by atoms with Crippen LogP contribution in [0.3, 0.4) is 0 Å². The predicted octanol–water partition coefficient (Wildman–Crippen LogP) is 4.50. The van der Waals surface area contributed by atoms with Gasteiger partial charge in [-0.25, -0.2) is 4.79 Å². The Balaban J connectivity index is 1.94. The van der Waals surface area contributed by atoms with E-state index in [1.807, 2.05) is 30.3 Å². The molecule has 2 aromatic carbocycles. The highest BCUT2D eigenvalue weighted by Crippen LogP contribution is 2.30. The summed E-state index contributed by atoms with van der Waals surface area (Å²) < 4.78 is 37.7. The molecule has 114 valence electrons. The zero-order valence-corrected chi connectivity index (χ0v) is 11.4. The summed E-state index contributed by atoms with van der Waals surface area (Å²) in [6, 6.07) is 13.1. The molecule has 0 heterocycles. The number of halogens is 3. The molecule has 0 aromatic heterocycles. The fourth-order valence-electron chi connectivity index (χ4n) is 1.72. The van der Waals surface area contributed by atoms with E-state index in [0.717, 1.165) is 17.7 Å². The molecule has 0 atom stereocenters. The zero-order valence-electron chi connectivity index (χ0n) is 11.4. The number of anilines is 1. The lowest BCUT2D eigenvalue weighted by molar-refractivity contribution is -0.137. The van der Waals surface area contributed by atoms with Gasteiger partial charge in [-0.1, -0.05) is 36.4 Å². The van der Waals surface area contributed by atoms with Crippen LogP contribution in [0.4, 0.5) is 23.7 Å². The van der Waals surface area contributed by atoms with Crippen LogP contribution in [0, 0.1) is 0 Å². The van der Waals surface area contributed by atoms with Crippen LogP contribution in [0.1, 0.15) is 11.1 Å². The van der Waals surface area contributed by atoms with E-state index >= 15 is 0 Å². The van der Waals surface area contributed by atoms with Crippen molar-refractivity contribution in [2.24, 2.45) is 0 Å². The molecule has 6 heteroatoms. The number of hydrogen-bond donors (Lipinski definition) is 2. The number of rotatable bonds is 3. The molecule has 0 unspecified atom stereocenters. The molecule has 22 heavy (non-hydrogen) atoms. The van der Waals surface area contributed by atoms with Crippen molar-refractivity contribution in [2.45, 2.75) is 6.18 Å². The van der Waals surface area contributed by atoms with Gasteiger partial charge in [-0.15, -0.1) is 0 Å².